The van der Waals surface area contributed by atoms with Crippen LogP contribution >= 0.6 is 0 Å². The maximum atomic E-state index is 13.9. The number of carbonyl (C=O) groups is 3. The monoisotopic (exact) mass is 535 g/mol. The van der Waals surface area contributed by atoms with Crippen molar-refractivity contribution in [1.29, 1.82) is 0 Å². The van der Waals surface area contributed by atoms with Gasteiger partial charge in [-0.1, -0.05) is 81.6 Å². The second-order valence-corrected chi connectivity index (χ2v) is 10.4. The molecule has 0 saturated heterocycles. The molecule has 0 fully saturated rings. The zero-order chi connectivity index (χ0) is 28.4. The predicted octanol–water partition coefficient (Wildman–Crippen LogP) is 6.67. The first-order chi connectivity index (χ1) is 19.4. The summed E-state index contributed by atoms with van der Waals surface area (Å²) in [4.78, 5) is 42.9. The molecule has 0 aromatic heterocycles. The highest BCUT2D eigenvalue weighted by Gasteiger charge is 2.36. The SMILES string of the molecule is CCCCC(CC)CN1C(=O)c2ccc(C(=O)c3ccccc3O)c3c(C(=O)c4ccccc4)ccc(c23)[C@H]1O. The lowest BCUT2D eigenvalue weighted by atomic mass is 9.83. The van der Waals surface area contributed by atoms with Crippen LogP contribution in [-0.4, -0.2) is 39.1 Å². The van der Waals surface area contributed by atoms with Crippen LogP contribution in [0.5, 0.6) is 5.75 Å². The van der Waals surface area contributed by atoms with Crippen molar-refractivity contribution >= 4 is 28.2 Å². The fourth-order valence-corrected chi connectivity index (χ4v) is 5.66. The van der Waals surface area contributed by atoms with E-state index in [1.807, 2.05) is 6.07 Å². The van der Waals surface area contributed by atoms with Gasteiger partial charge in [-0.2, -0.15) is 0 Å². The summed E-state index contributed by atoms with van der Waals surface area (Å²) >= 11 is 0. The van der Waals surface area contributed by atoms with Crippen LogP contribution in [0, 0.1) is 5.92 Å². The average molecular weight is 536 g/mol. The van der Waals surface area contributed by atoms with E-state index in [-0.39, 0.29) is 40.0 Å². The summed E-state index contributed by atoms with van der Waals surface area (Å²) in [7, 11) is 0. The lowest BCUT2D eigenvalue weighted by Gasteiger charge is -2.36. The van der Waals surface area contributed by atoms with Gasteiger partial charge in [-0.05, 0) is 42.7 Å². The molecule has 2 atom stereocenters. The number of phenols is 1. The van der Waals surface area contributed by atoms with Crippen LogP contribution in [0.4, 0.5) is 0 Å². The molecule has 204 valence electrons. The van der Waals surface area contributed by atoms with Crippen LogP contribution in [0.2, 0.25) is 0 Å². The van der Waals surface area contributed by atoms with Gasteiger partial charge in [0.1, 0.15) is 5.75 Å². The van der Waals surface area contributed by atoms with Crippen LogP contribution in [-0.2, 0) is 0 Å². The first-order valence-corrected chi connectivity index (χ1v) is 13.9. The van der Waals surface area contributed by atoms with E-state index >= 15 is 0 Å². The largest absolute Gasteiger partial charge is 0.507 e. The molecule has 6 nitrogen and oxygen atoms in total. The Balaban J connectivity index is 1.71. The average Bonchev–Trinajstić information content (AvgIpc) is 2.99. The molecule has 6 heteroatoms. The van der Waals surface area contributed by atoms with Crippen LogP contribution < -0.4 is 0 Å². The van der Waals surface area contributed by atoms with E-state index in [0.717, 1.165) is 25.7 Å². The second kappa shape index (κ2) is 11.4. The topological polar surface area (TPSA) is 94.9 Å². The van der Waals surface area contributed by atoms with Gasteiger partial charge in [-0.25, -0.2) is 0 Å². The van der Waals surface area contributed by atoms with E-state index in [1.165, 1.54) is 17.0 Å². The Morgan fingerprint density at radius 3 is 2.20 bits per heavy atom. The molecule has 4 aromatic rings. The zero-order valence-electron chi connectivity index (χ0n) is 22.8. The van der Waals surface area contributed by atoms with E-state index in [2.05, 4.69) is 13.8 Å². The molecule has 1 aliphatic rings. The number of para-hydroxylation sites is 1. The second-order valence-electron chi connectivity index (χ2n) is 10.4. The van der Waals surface area contributed by atoms with E-state index < -0.39 is 12.0 Å². The smallest absolute Gasteiger partial charge is 0.256 e. The molecule has 0 bridgehead atoms. The summed E-state index contributed by atoms with van der Waals surface area (Å²) in [5.41, 5.74) is 1.80. The number of rotatable bonds is 10. The minimum Gasteiger partial charge on any atom is -0.507 e. The molecule has 0 aliphatic carbocycles. The third-order valence-corrected chi connectivity index (χ3v) is 7.93. The number of phenolic OH excluding ortho intramolecular Hbond substituents is 1. The molecule has 1 heterocycles. The Bertz CT molecular complexity index is 1590. The first-order valence-electron chi connectivity index (χ1n) is 13.9. The summed E-state index contributed by atoms with van der Waals surface area (Å²) in [5.74, 6) is -1.03. The molecule has 0 spiro atoms. The summed E-state index contributed by atoms with van der Waals surface area (Å²) in [6.07, 6.45) is 2.74. The van der Waals surface area contributed by atoms with Crippen molar-refractivity contribution in [3.8, 4) is 5.75 Å². The van der Waals surface area contributed by atoms with Crippen molar-refractivity contribution in [3.63, 3.8) is 0 Å². The number of hydrogen-bond acceptors (Lipinski definition) is 5. The molecule has 5 rings (SSSR count). The number of aliphatic hydroxyl groups excluding tert-OH is 1. The van der Waals surface area contributed by atoms with Gasteiger partial charge in [-0.3, -0.25) is 14.4 Å². The van der Waals surface area contributed by atoms with Crippen molar-refractivity contribution in [2.24, 2.45) is 5.92 Å². The van der Waals surface area contributed by atoms with Crippen molar-refractivity contribution in [1.82, 2.24) is 4.90 Å². The Morgan fingerprint density at radius 2 is 1.50 bits per heavy atom. The number of amides is 1. The van der Waals surface area contributed by atoms with Gasteiger partial charge in [-0.15, -0.1) is 0 Å². The lowest BCUT2D eigenvalue weighted by molar-refractivity contribution is -0.00286. The normalized spacial score (nSPS) is 15.3. The Morgan fingerprint density at radius 1 is 0.825 bits per heavy atom. The number of aliphatic hydroxyl groups is 1. The number of benzene rings is 4. The molecule has 2 N–H and O–H groups in total. The molecule has 0 saturated carbocycles. The summed E-state index contributed by atoms with van der Waals surface area (Å²) in [6, 6.07) is 21.5. The van der Waals surface area contributed by atoms with Crippen molar-refractivity contribution < 1.29 is 24.6 Å². The summed E-state index contributed by atoms with van der Waals surface area (Å²) < 4.78 is 0. The van der Waals surface area contributed by atoms with E-state index in [9.17, 15) is 24.6 Å². The van der Waals surface area contributed by atoms with Crippen LogP contribution in [0.3, 0.4) is 0 Å². The number of carbonyl (C=O) groups excluding carboxylic acids is 3. The van der Waals surface area contributed by atoms with Gasteiger partial charge in [0.2, 0.25) is 0 Å². The van der Waals surface area contributed by atoms with E-state index in [1.54, 1.807) is 60.7 Å². The number of nitrogens with zero attached hydrogens (tertiary/aromatic N) is 1. The lowest BCUT2D eigenvalue weighted by Crippen LogP contribution is -2.41. The first kappa shape index (κ1) is 27.3. The number of unbranched alkanes of at least 4 members (excludes halogenated alkanes) is 1. The predicted molar refractivity (Wildman–Crippen MR) is 155 cm³/mol. The van der Waals surface area contributed by atoms with Crippen LogP contribution in [0.1, 0.15) is 93.5 Å². The van der Waals surface area contributed by atoms with Gasteiger partial charge in [0, 0.05) is 45.1 Å². The maximum Gasteiger partial charge on any atom is 0.256 e. The summed E-state index contributed by atoms with van der Waals surface area (Å²) in [6.45, 7) is 4.64. The molecular formula is C34H33NO5. The number of ketones is 2. The molecule has 4 aromatic carbocycles. The molecule has 1 aliphatic heterocycles. The highest BCUT2D eigenvalue weighted by molar-refractivity contribution is 6.27. The van der Waals surface area contributed by atoms with E-state index in [0.29, 0.717) is 34.0 Å². The highest BCUT2D eigenvalue weighted by atomic mass is 16.3. The van der Waals surface area contributed by atoms with Crippen molar-refractivity contribution in [3.05, 3.63) is 112 Å². The Kier molecular flexibility index (Phi) is 7.81. The third-order valence-electron chi connectivity index (χ3n) is 7.93. The fourth-order valence-electron chi connectivity index (χ4n) is 5.66. The quantitative estimate of drug-likeness (QED) is 0.221. The Hall–Kier alpha value is -4.29. The van der Waals surface area contributed by atoms with Crippen molar-refractivity contribution in [2.45, 2.75) is 45.8 Å². The van der Waals surface area contributed by atoms with Gasteiger partial charge >= 0.3 is 0 Å². The Labute approximate surface area is 233 Å². The molecule has 40 heavy (non-hydrogen) atoms. The van der Waals surface area contributed by atoms with Gasteiger partial charge in [0.05, 0.1) is 5.56 Å². The molecule has 1 amide bonds. The summed E-state index contributed by atoms with van der Waals surface area (Å²) in [5, 5.41) is 22.6. The minimum atomic E-state index is -1.21. The number of aromatic hydroxyl groups is 1. The number of hydrogen-bond donors (Lipinski definition) is 2. The maximum absolute atomic E-state index is 13.9. The van der Waals surface area contributed by atoms with Gasteiger partial charge in [0.25, 0.3) is 5.91 Å². The molecule has 0 radical (unpaired) electrons. The highest BCUT2D eigenvalue weighted by Crippen LogP contribution is 2.41. The van der Waals surface area contributed by atoms with Crippen molar-refractivity contribution in [2.75, 3.05) is 6.54 Å². The van der Waals surface area contributed by atoms with Gasteiger partial charge < -0.3 is 15.1 Å². The zero-order valence-corrected chi connectivity index (χ0v) is 22.8. The van der Waals surface area contributed by atoms with Crippen LogP contribution in [0.15, 0.2) is 78.9 Å². The fraction of sp³-hybridized carbons (Fsp3) is 0.265. The van der Waals surface area contributed by atoms with Crippen LogP contribution in [0.25, 0.3) is 10.8 Å². The van der Waals surface area contributed by atoms with E-state index in [4.69, 9.17) is 0 Å². The standard InChI is InChI=1S/C34H33NO5/c1-3-5-11-21(4-2)20-35-33(39)26-18-16-24(31(37)22-12-7-6-8-13-22)29-25(17-19-27(30(26)29)34(35)40)32(38)23-14-9-10-15-28(23)36/h6-10,12-19,21,33,36,39H,3-5,11,20H2,1-2H3/t21?,33-/m1/s1. The molecule has 1 unspecified atom stereocenters. The van der Waals surface area contributed by atoms with Gasteiger partial charge in [0.15, 0.2) is 17.8 Å². The minimum absolute atomic E-state index is 0.0901. The third kappa shape index (κ3) is 4.80. The molecular weight excluding hydrogens is 502 g/mol.